The summed E-state index contributed by atoms with van der Waals surface area (Å²) in [4.78, 5) is 37.0. The maximum atomic E-state index is 13.4. The van der Waals surface area contributed by atoms with Crippen molar-refractivity contribution in [2.45, 2.75) is 187 Å². The second-order valence-corrected chi connectivity index (χ2v) is 25.8. The molecule has 6 aromatic rings. The van der Waals surface area contributed by atoms with Crippen molar-refractivity contribution < 1.29 is 56.3 Å². The van der Waals surface area contributed by atoms with E-state index in [9.17, 15) is 37.7 Å². The Labute approximate surface area is 514 Å². The minimum atomic E-state index is -3.79. The van der Waals surface area contributed by atoms with E-state index >= 15 is 0 Å². The maximum absolute atomic E-state index is 13.4. The number of carboxylic acid groups (broad SMARTS) is 1. The van der Waals surface area contributed by atoms with E-state index in [4.69, 9.17) is 23.8 Å². The fourth-order valence-electron chi connectivity index (χ4n) is 9.41. The highest BCUT2D eigenvalue weighted by Crippen LogP contribution is 2.35. The van der Waals surface area contributed by atoms with Gasteiger partial charge in [0.25, 0.3) is 5.91 Å². The Hall–Kier alpha value is -6.82. The number of carbonyl (C=O) groups is 3. The van der Waals surface area contributed by atoms with Crippen molar-refractivity contribution in [3.05, 3.63) is 118 Å². The molecule has 22 heteroatoms. The number of aryl methyl sites for hydroxylation is 4. The van der Waals surface area contributed by atoms with Crippen LogP contribution in [0.25, 0.3) is 5.65 Å². The number of nitriles is 1. The second-order valence-electron chi connectivity index (χ2n) is 22.6. The number of aromatic hydroxyl groups is 1. The van der Waals surface area contributed by atoms with Crippen LogP contribution in [-0.4, -0.2) is 81.9 Å². The van der Waals surface area contributed by atoms with Gasteiger partial charge in [-0.25, -0.2) is 27.0 Å². The number of fused-ring (bicyclic) bond motifs is 1. The second kappa shape index (κ2) is 36.4. The van der Waals surface area contributed by atoms with Crippen molar-refractivity contribution in [1.29, 1.82) is 5.26 Å². The summed E-state index contributed by atoms with van der Waals surface area (Å²) in [6, 6.07) is 23.3. The summed E-state index contributed by atoms with van der Waals surface area (Å²) in [7, 11) is -2.67. The van der Waals surface area contributed by atoms with Crippen molar-refractivity contribution in [2.75, 3.05) is 24.8 Å². The van der Waals surface area contributed by atoms with Crippen molar-refractivity contribution >= 4 is 59.7 Å². The zero-order valence-corrected chi connectivity index (χ0v) is 54.3. The number of phenols is 1. The van der Waals surface area contributed by atoms with Crippen LogP contribution in [0.4, 0.5) is 5.69 Å². The number of carboxylic acids is 1. The number of H-pyrrole nitrogens is 1. The first-order chi connectivity index (χ1) is 40.9. The average Bonchev–Trinajstić information content (AvgIpc) is 1.99. The Kier molecular flexibility index (Phi) is 30.3. The fraction of sp³-hybridized carbons (Fsp3) is 0.500. The van der Waals surface area contributed by atoms with Crippen LogP contribution < -0.4 is 19.5 Å². The molecule has 6 rings (SSSR count). The first kappa shape index (κ1) is 71.7. The molecule has 0 spiro atoms. The van der Waals surface area contributed by atoms with E-state index in [0.717, 1.165) is 36.9 Å². The molecule has 1 amide bonds. The number of carbonyl (C=O) groups excluding carboxylic acids is 2. The van der Waals surface area contributed by atoms with Crippen molar-refractivity contribution in [3.8, 4) is 29.1 Å². The standard InChI is InChI=1S/C31H42N2O5S.C24H27N5O5S.C9H19O2P/c1-3-4-5-6-7-8-9-10-11-12-17-28(38-27-16-14-13-15-24(27)22-32)31(37)33-25-21-26(34)23(2)20-29(25)39-19-18-30(35)36;1-6-19-21(34-18-11-9-17(10-12-18)24(30)33-5)23-26-25-22(29(23)27-19)16(4)28-35(31,32)20-13-14(2)7-8-15(20)3;1-8(5-6-11-12-10)7-9(2,3)4/h13-16,20-21,28,34H,3-12,17-19H2,1-2H3,(H,33,37)(H,35,36);7-13,16,27-28H,6H2,1-5H3;8H,5-7H2,1-4H3. The molecule has 19 nitrogen and oxygen atoms in total. The van der Waals surface area contributed by atoms with Crippen LogP contribution in [0.2, 0.25) is 0 Å². The molecule has 0 aliphatic rings. The number of para-hydroxylation sites is 1. The summed E-state index contributed by atoms with van der Waals surface area (Å²) in [5.41, 5.74) is 4.88. The highest BCUT2D eigenvalue weighted by Gasteiger charge is 2.28. The molecule has 0 fully saturated rings. The lowest BCUT2D eigenvalue weighted by atomic mass is 9.84. The Morgan fingerprint density at radius 2 is 1.53 bits per heavy atom. The van der Waals surface area contributed by atoms with Crippen LogP contribution in [0.15, 0.2) is 88.7 Å². The quantitative estimate of drug-likeness (QED) is 0.0114. The van der Waals surface area contributed by atoms with Gasteiger partial charge in [0, 0.05) is 16.7 Å². The van der Waals surface area contributed by atoms with Gasteiger partial charge in [-0.1, -0.05) is 124 Å². The van der Waals surface area contributed by atoms with Crippen LogP contribution in [-0.2, 0) is 39.9 Å². The minimum Gasteiger partial charge on any atom is -0.508 e. The van der Waals surface area contributed by atoms with E-state index in [1.54, 1.807) is 92.0 Å². The molecule has 0 saturated heterocycles. The lowest BCUT2D eigenvalue weighted by molar-refractivity contribution is -0.136. The van der Waals surface area contributed by atoms with Crippen molar-refractivity contribution in [3.63, 3.8) is 0 Å². The number of phenolic OH excluding ortho intramolecular Hbond substituents is 1. The number of thioether (sulfide) groups is 1. The number of aromatic amines is 1. The van der Waals surface area contributed by atoms with Gasteiger partial charge in [0.1, 0.15) is 23.3 Å². The monoisotopic (exact) mass is 1240 g/mol. The highest BCUT2D eigenvalue weighted by molar-refractivity contribution is 7.99. The number of esters is 1. The maximum Gasteiger partial charge on any atom is 0.337 e. The van der Waals surface area contributed by atoms with E-state index in [0.29, 0.717) is 98.1 Å². The van der Waals surface area contributed by atoms with Crippen LogP contribution >= 0.6 is 20.4 Å². The summed E-state index contributed by atoms with van der Waals surface area (Å²) < 4.78 is 62.0. The van der Waals surface area contributed by atoms with E-state index in [1.165, 1.54) is 76.3 Å². The van der Waals surface area contributed by atoms with Crippen LogP contribution in [0, 0.1) is 43.4 Å². The summed E-state index contributed by atoms with van der Waals surface area (Å²) in [5, 5.41) is 43.3. The normalized spacial score (nSPS) is 12.4. The van der Waals surface area contributed by atoms with Gasteiger partial charge in [-0.3, -0.25) is 19.2 Å². The van der Waals surface area contributed by atoms with E-state index in [2.05, 4.69) is 66.0 Å². The third-order valence-corrected chi connectivity index (χ3v) is 16.9. The minimum absolute atomic E-state index is 0.0204. The van der Waals surface area contributed by atoms with Gasteiger partial charge in [-0.15, -0.1) is 22.0 Å². The molecule has 0 aliphatic carbocycles. The average molecular weight is 1240 g/mol. The van der Waals surface area contributed by atoms with Gasteiger partial charge in [0.15, 0.2) is 17.7 Å². The first-order valence-electron chi connectivity index (χ1n) is 29.5. The van der Waals surface area contributed by atoms with Gasteiger partial charge in [0.05, 0.1) is 53.6 Å². The predicted molar refractivity (Wildman–Crippen MR) is 337 cm³/mol. The lowest BCUT2D eigenvalue weighted by Gasteiger charge is -2.22. The molecule has 3 atom stereocenters. The number of hydrogen-bond donors (Lipinski definition) is 5. The number of rotatable bonds is 32. The molecular formula is C64H88N7O12PS2. The summed E-state index contributed by atoms with van der Waals surface area (Å²) >= 11 is 1.31. The Balaban J connectivity index is 0.000000311. The largest absolute Gasteiger partial charge is 0.508 e. The predicted octanol–water partition coefficient (Wildman–Crippen LogP) is 15.4. The number of benzene rings is 4. The summed E-state index contributed by atoms with van der Waals surface area (Å²) in [6.45, 7) is 20.7. The van der Waals surface area contributed by atoms with Crippen LogP contribution in [0.3, 0.4) is 0 Å². The molecule has 2 aromatic heterocycles. The van der Waals surface area contributed by atoms with Crippen molar-refractivity contribution in [2.24, 2.45) is 11.3 Å². The Morgan fingerprint density at radius 1 is 0.872 bits per heavy atom. The third-order valence-electron chi connectivity index (χ3n) is 13.8. The number of aromatic nitrogens is 4. The van der Waals surface area contributed by atoms with Gasteiger partial charge >= 0.3 is 20.6 Å². The SMILES string of the molecule is CC(CCOP=O)CC(C)(C)C.CCCCCCCCCCCCC(Oc1ccccc1C#N)C(=O)Nc1cc(O)c(C)cc1SCCC(=O)O.CCc1[nH]n2c(C(C)NS(=O)(=O)c3cc(C)ccc3C)nnc2c1Oc1ccc(C(=O)OC)cc1. The number of hydrogen-bond acceptors (Lipinski definition) is 15. The number of sulfonamides is 1. The molecule has 86 heavy (non-hydrogen) atoms. The van der Waals surface area contributed by atoms with Gasteiger partial charge in [-0.2, -0.15) is 5.26 Å². The molecular weight excluding hydrogens is 1150 g/mol. The Bertz CT molecular complexity index is 3280. The number of nitrogens with zero attached hydrogens (tertiary/aromatic N) is 4. The topological polar surface area (TPSA) is 274 Å². The number of nitrogens with one attached hydrogen (secondary N) is 3. The van der Waals surface area contributed by atoms with E-state index in [-0.39, 0.29) is 31.7 Å². The first-order valence-corrected chi connectivity index (χ1v) is 32.7. The number of anilines is 1. The lowest BCUT2D eigenvalue weighted by Crippen LogP contribution is -2.33. The highest BCUT2D eigenvalue weighted by atomic mass is 32.2. The van der Waals surface area contributed by atoms with Crippen LogP contribution in [0.1, 0.15) is 189 Å². The Morgan fingerprint density at radius 3 is 2.15 bits per heavy atom. The molecule has 2 heterocycles. The van der Waals surface area contributed by atoms with E-state index in [1.807, 2.05) is 19.9 Å². The molecule has 0 saturated carbocycles. The number of ether oxygens (including phenoxy) is 3. The summed E-state index contributed by atoms with van der Waals surface area (Å²) in [6.07, 6.45) is 14.2. The summed E-state index contributed by atoms with van der Waals surface area (Å²) in [5.74, 6) is 1.03. The number of aliphatic carboxylic acids is 1. The fourth-order valence-corrected chi connectivity index (χ4v) is 12.1. The molecule has 4 aromatic carbocycles. The van der Waals surface area contributed by atoms with E-state index < -0.39 is 34.1 Å². The number of amides is 1. The number of unbranched alkanes of at least 4 members (excludes halogenated alkanes) is 9. The van der Waals surface area contributed by atoms with Crippen LogP contribution in [0.5, 0.6) is 23.0 Å². The molecule has 0 radical (unpaired) electrons. The molecule has 0 aliphatic heterocycles. The zero-order valence-electron chi connectivity index (χ0n) is 51.8. The smallest absolute Gasteiger partial charge is 0.337 e. The third kappa shape index (κ3) is 23.8. The molecule has 3 unspecified atom stereocenters. The number of methoxy groups -OCH3 is 1. The molecule has 0 bridgehead atoms. The zero-order chi connectivity index (χ0) is 63.4. The van der Waals surface area contributed by atoms with Crippen molar-refractivity contribution in [1.82, 2.24) is 24.5 Å². The van der Waals surface area contributed by atoms with Gasteiger partial charge < -0.3 is 29.7 Å². The molecule has 5 N–H and O–H groups in total. The molecule has 468 valence electrons. The van der Waals surface area contributed by atoms with Gasteiger partial charge in [-0.05, 0) is 136 Å². The van der Waals surface area contributed by atoms with Gasteiger partial charge in [0.2, 0.25) is 15.7 Å².